The fourth-order valence-corrected chi connectivity index (χ4v) is 1.82. The second-order valence-electron chi connectivity index (χ2n) is 4.25. The second kappa shape index (κ2) is 6.61. The first-order valence-electron chi connectivity index (χ1n) is 5.84. The van der Waals surface area contributed by atoms with Crippen molar-refractivity contribution < 1.29 is 15.0 Å². The van der Waals surface area contributed by atoms with Crippen molar-refractivity contribution in [2.45, 2.75) is 44.8 Å². The lowest BCUT2D eigenvalue weighted by atomic mass is 10.0. The van der Waals surface area contributed by atoms with E-state index in [1.807, 2.05) is 19.1 Å². The normalized spacial score (nSPS) is 28.3. The molecule has 0 saturated heterocycles. The molecule has 1 fully saturated rings. The first-order valence-corrected chi connectivity index (χ1v) is 5.84. The molecule has 0 aliphatic heterocycles. The van der Waals surface area contributed by atoms with Crippen LogP contribution in [0.15, 0.2) is 24.3 Å². The maximum Gasteiger partial charge on any atom is 0.136 e. The smallest absolute Gasteiger partial charge is 0.136 e. The van der Waals surface area contributed by atoms with Crippen LogP contribution >= 0.6 is 0 Å². The number of carbonyl (C=O) groups is 1. The van der Waals surface area contributed by atoms with Crippen molar-refractivity contribution in [1.82, 2.24) is 0 Å². The Labute approximate surface area is 96.5 Å². The first-order chi connectivity index (χ1) is 7.63. The van der Waals surface area contributed by atoms with Crippen LogP contribution in [-0.2, 0) is 4.79 Å². The molecule has 0 heterocycles. The van der Waals surface area contributed by atoms with Crippen molar-refractivity contribution in [2.75, 3.05) is 0 Å². The number of hydrogen-bond donors (Lipinski definition) is 2. The molecule has 3 atom stereocenters. The van der Waals surface area contributed by atoms with Gasteiger partial charge in [0.2, 0.25) is 0 Å². The highest BCUT2D eigenvalue weighted by Gasteiger charge is 2.29. The van der Waals surface area contributed by atoms with Gasteiger partial charge in [0.15, 0.2) is 0 Å². The van der Waals surface area contributed by atoms with Crippen molar-refractivity contribution in [1.29, 1.82) is 0 Å². The van der Waals surface area contributed by atoms with E-state index in [0.717, 1.165) is 6.42 Å². The summed E-state index contributed by atoms with van der Waals surface area (Å²) in [6.07, 6.45) is 8.49. The topological polar surface area (TPSA) is 57.5 Å². The fraction of sp³-hybridized carbons (Fsp3) is 0.615. The summed E-state index contributed by atoms with van der Waals surface area (Å²) in [5.74, 6) is -0.0141. The Hall–Kier alpha value is -0.930. The molecule has 1 saturated carbocycles. The lowest BCUT2D eigenvalue weighted by molar-refractivity contribution is -0.117. The first kappa shape index (κ1) is 13.1. The predicted molar refractivity (Wildman–Crippen MR) is 62.9 cm³/mol. The Morgan fingerprint density at radius 3 is 2.75 bits per heavy atom. The van der Waals surface area contributed by atoms with Crippen LogP contribution in [0, 0.1) is 5.92 Å². The number of ketones is 1. The van der Waals surface area contributed by atoms with E-state index in [4.69, 9.17) is 0 Å². The average molecular weight is 224 g/mol. The number of aliphatic hydroxyl groups is 2. The quantitative estimate of drug-likeness (QED) is 0.697. The molecule has 16 heavy (non-hydrogen) atoms. The van der Waals surface area contributed by atoms with Crippen LogP contribution in [-0.4, -0.2) is 28.2 Å². The largest absolute Gasteiger partial charge is 0.392 e. The molecular formula is C13H20O3. The molecule has 3 heteroatoms. The SMILES string of the molecule is CC/C=C\CC(O)/C=C/[C@@H]1CC(=O)CC1O. The highest BCUT2D eigenvalue weighted by atomic mass is 16.3. The second-order valence-corrected chi connectivity index (χ2v) is 4.25. The highest BCUT2D eigenvalue weighted by Crippen LogP contribution is 2.24. The van der Waals surface area contributed by atoms with E-state index < -0.39 is 12.2 Å². The Kier molecular flexibility index (Phi) is 5.43. The molecule has 0 aromatic carbocycles. The Balaban J connectivity index is 2.35. The third kappa shape index (κ3) is 4.29. The maximum absolute atomic E-state index is 11.1. The third-order valence-electron chi connectivity index (χ3n) is 2.75. The number of allylic oxidation sites excluding steroid dienone is 1. The van der Waals surface area contributed by atoms with Crippen LogP contribution in [0.2, 0.25) is 0 Å². The van der Waals surface area contributed by atoms with Crippen molar-refractivity contribution in [3.05, 3.63) is 24.3 Å². The van der Waals surface area contributed by atoms with E-state index >= 15 is 0 Å². The van der Waals surface area contributed by atoms with Gasteiger partial charge in [-0.15, -0.1) is 0 Å². The lowest BCUT2D eigenvalue weighted by Crippen LogP contribution is -2.11. The molecule has 0 spiro atoms. The van der Waals surface area contributed by atoms with Crippen LogP contribution in [0.3, 0.4) is 0 Å². The fourth-order valence-electron chi connectivity index (χ4n) is 1.82. The van der Waals surface area contributed by atoms with Crippen molar-refractivity contribution in [3.8, 4) is 0 Å². The summed E-state index contributed by atoms with van der Waals surface area (Å²) < 4.78 is 0. The molecule has 0 aromatic rings. The van der Waals surface area contributed by atoms with Gasteiger partial charge in [-0.1, -0.05) is 31.2 Å². The lowest BCUT2D eigenvalue weighted by Gasteiger charge is -2.08. The number of carbonyl (C=O) groups excluding carboxylic acids is 1. The molecular weight excluding hydrogens is 204 g/mol. The molecule has 1 aliphatic carbocycles. The molecule has 1 rings (SSSR count). The highest BCUT2D eigenvalue weighted by molar-refractivity contribution is 5.81. The Morgan fingerprint density at radius 2 is 2.19 bits per heavy atom. The summed E-state index contributed by atoms with van der Waals surface area (Å²) in [6.45, 7) is 2.04. The molecule has 3 nitrogen and oxygen atoms in total. The van der Waals surface area contributed by atoms with Crippen LogP contribution in [0.4, 0.5) is 0 Å². The van der Waals surface area contributed by atoms with Crippen LogP contribution in [0.5, 0.6) is 0 Å². The molecule has 0 bridgehead atoms. The summed E-state index contributed by atoms with van der Waals surface area (Å²) in [4.78, 5) is 11.1. The van der Waals surface area contributed by atoms with Gasteiger partial charge < -0.3 is 10.2 Å². The van der Waals surface area contributed by atoms with E-state index in [0.29, 0.717) is 12.8 Å². The van der Waals surface area contributed by atoms with Crippen LogP contribution in [0.25, 0.3) is 0 Å². The zero-order valence-corrected chi connectivity index (χ0v) is 9.67. The van der Waals surface area contributed by atoms with Gasteiger partial charge in [0.05, 0.1) is 12.2 Å². The molecule has 90 valence electrons. The standard InChI is InChI=1S/C13H20O3/c1-2-3-4-5-11(14)7-6-10-8-12(15)9-13(10)16/h3-4,6-7,10-11,13-14,16H,2,5,8-9H2,1H3/b4-3-,7-6+/t10-,11?,13?/m1/s1. The van der Waals surface area contributed by atoms with Gasteiger partial charge in [0, 0.05) is 18.8 Å². The number of hydrogen-bond acceptors (Lipinski definition) is 3. The van der Waals surface area contributed by atoms with Gasteiger partial charge in [-0.05, 0) is 12.8 Å². The van der Waals surface area contributed by atoms with E-state index in [1.54, 1.807) is 12.2 Å². The number of aliphatic hydroxyl groups excluding tert-OH is 2. The molecule has 2 N–H and O–H groups in total. The van der Waals surface area contributed by atoms with Crippen LogP contribution in [0.1, 0.15) is 32.6 Å². The summed E-state index contributed by atoms with van der Waals surface area (Å²) in [5, 5.41) is 19.1. The molecule has 0 aromatic heterocycles. The zero-order chi connectivity index (χ0) is 12.0. The van der Waals surface area contributed by atoms with Gasteiger partial charge in [-0.25, -0.2) is 0 Å². The summed E-state index contributed by atoms with van der Waals surface area (Å²) >= 11 is 0. The maximum atomic E-state index is 11.1. The van der Waals surface area contributed by atoms with Gasteiger partial charge >= 0.3 is 0 Å². The van der Waals surface area contributed by atoms with Gasteiger partial charge in [0.1, 0.15) is 5.78 Å². The van der Waals surface area contributed by atoms with E-state index in [1.165, 1.54) is 0 Å². The van der Waals surface area contributed by atoms with E-state index in [2.05, 4.69) is 0 Å². The molecule has 0 radical (unpaired) electrons. The van der Waals surface area contributed by atoms with Gasteiger partial charge in [-0.3, -0.25) is 4.79 Å². The minimum absolute atomic E-state index is 0.0996. The predicted octanol–water partition coefficient (Wildman–Crippen LogP) is 1.60. The summed E-state index contributed by atoms with van der Waals surface area (Å²) in [6, 6.07) is 0. The van der Waals surface area contributed by atoms with Crippen molar-refractivity contribution >= 4 is 5.78 Å². The number of rotatable bonds is 5. The van der Waals surface area contributed by atoms with Crippen molar-refractivity contribution in [3.63, 3.8) is 0 Å². The van der Waals surface area contributed by atoms with Gasteiger partial charge in [-0.2, -0.15) is 0 Å². The van der Waals surface area contributed by atoms with Crippen molar-refractivity contribution in [2.24, 2.45) is 5.92 Å². The molecule has 2 unspecified atom stereocenters. The van der Waals surface area contributed by atoms with Crippen LogP contribution < -0.4 is 0 Å². The third-order valence-corrected chi connectivity index (χ3v) is 2.75. The monoisotopic (exact) mass is 224 g/mol. The molecule has 1 aliphatic rings. The average Bonchev–Trinajstić information content (AvgIpc) is 2.55. The zero-order valence-electron chi connectivity index (χ0n) is 9.67. The Morgan fingerprint density at radius 1 is 1.44 bits per heavy atom. The molecule has 0 amide bonds. The Bertz CT molecular complexity index is 281. The summed E-state index contributed by atoms with van der Waals surface area (Å²) in [5.41, 5.74) is 0. The minimum atomic E-state index is -0.567. The van der Waals surface area contributed by atoms with Gasteiger partial charge in [0.25, 0.3) is 0 Å². The van der Waals surface area contributed by atoms with E-state index in [-0.39, 0.29) is 18.1 Å². The minimum Gasteiger partial charge on any atom is -0.392 e. The summed E-state index contributed by atoms with van der Waals surface area (Å²) in [7, 11) is 0. The van der Waals surface area contributed by atoms with E-state index in [9.17, 15) is 15.0 Å². The number of Topliss-reactive ketones (excluding diaryl/α,β-unsaturated/α-hetero) is 1.